The highest BCUT2D eigenvalue weighted by Gasteiger charge is 2.57. The highest BCUT2D eigenvalue weighted by Crippen LogP contribution is 2.53. The standard InChI is InChI=1S/C29H35N5O6/c1-12-7-15-8-17-19(10-30)34-18(23(33(17)4)21(15)25(36)27(12)39-5)9-16-22(20(34)11-32-29(38)14(3)31)26(37)28(40-6)13(2)24(16)35/h7,14,17-20,23,36H,8-9,11,31H2,1-6H3,(H,32,38)/t14?,17-,18?,19-,20?,23-/m0/s1. The molecule has 3 heterocycles. The van der Waals surface area contributed by atoms with Crippen LogP contribution in [-0.4, -0.2) is 90.4 Å². The zero-order valence-corrected chi connectivity index (χ0v) is 23.6. The summed E-state index contributed by atoms with van der Waals surface area (Å²) in [6, 6.07) is 1.07. The molecule has 1 aliphatic carbocycles. The van der Waals surface area contributed by atoms with E-state index in [9.17, 15) is 24.8 Å². The Kier molecular flexibility index (Phi) is 6.98. The number of benzene rings is 1. The Balaban J connectivity index is 1.72. The van der Waals surface area contributed by atoms with Crippen LogP contribution in [0.5, 0.6) is 11.5 Å². The third-order valence-electron chi connectivity index (χ3n) is 8.95. The molecule has 6 atom stereocenters. The summed E-state index contributed by atoms with van der Waals surface area (Å²) >= 11 is 0. The number of aryl methyl sites for hydroxylation is 1. The van der Waals surface area contributed by atoms with Gasteiger partial charge < -0.3 is 25.6 Å². The molecule has 3 unspecified atom stereocenters. The monoisotopic (exact) mass is 549 g/mol. The Hall–Kier alpha value is -3.72. The van der Waals surface area contributed by atoms with Crippen molar-refractivity contribution in [1.29, 1.82) is 5.26 Å². The van der Waals surface area contributed by atoms with Gasteiger partial charge in [0.15, 0.2) is 23.0 Å². The Labute approximate surface area is 233 Å². The number of fused-ring (bicyclic) bond motifs is 6. The van der Waals surface area contributed by atoms with E-state index in [1.807, 2.05) is 24.9 Å². The van der Waals surface area contributed by atoms with E-state index in [1.165, 1.54) is 14.2 Å². The summed E-state index contributed by atoms with van der Waals surface area (Å²) in [6.45, 7) is 4.97. The molecule has 0 spiro atoms. The van der Waals surface area contributed by atoms with Crippen molar-refractivity contribution >= 4 is 17.5 Å². The average Bonchev–Trinajstić information content (AvgIpc) is 2.91. The van der Waals surface area contributed by atoms with Gasteiger partial charge >= 0.3 is 0 Å². The molecule has 4 N–H and O–H groups in total. The van der Waals surface area contributed by atoms with Crippen molar-refractivity contribution in [2.45, 2.75) is 69.9 Å². The number of allylic oxidation sites excluding steroid dienone is 2. The van der Waals surface area contributed by atoms with Gasteiger partial charge in [-0.05, 0) is 51.8 Å². The summed E-state index contributed by atoms with van der Waals surface area (Å²) in [6.07, 6.45) is 0.670. The summed E-state index contributed by atoms with van der Waals surface area (Å²) < 4.78 is 10.9. The van der Waals surface area contributed by atoms with Crippen molar-refractivity contribution in [3.05, 3.63) is 45.2 Å². The normalized spacial score (nSPS) is 28.8. The number of carbonyl (C=O) groups excluding carboxylic acids is 3. The molecule has 1 aromatic rings. The predicted octanol–water partition coefficient (Wildman–Crippen LogP) is 0.788. The number of Topliss-reactive ketones (excluding diaryl/α,β-unsaturated/α-hetero) is 2. The van der Waals surface area contributed by atoms with E-state index in [-0.39, 0.29) is 47.4 Å². The SMILES string of the molecule is COC1=C(C)C(=O)C2=C(C1=O)C(CNC(=O)C(C)N)N1C(C2)[C@H]2c3c(cc(C)c(OC)c3O)C[C@@H]([C@@H]1C#N)N2C. The molecule has 0 saturated carbocycles. The van der Waals surface area contributed by atoms with Gasteiger partial charge in [0, 0.05) is 40.9 Å². The van der Waals surface area contributed by atoms with Crippen LogP contribution in [0.2, 0.25) is 0 Å². The van der Waals surface area contributed by atoms with Crippen molar-refractivity contribution in [1.82, 2.24) is 15.1 Å². The summed E-state index contributed by atoms with van der Waals surface area (Å²) in [4.78, 5) is 44.1. The number of ketones is 2. The van der Waals surface area contributed by atoms with E-state index in [2.05, 4.69) is 16.3 Å². The molecular weight excluding hydrogens is 514 g/mol. The number of hydrogen-bond donors (Lipinski definition) is 3. The minimum absolute atomic E-state index is 0.0256. The largest absolute Gasteiger partial charge is 0.504 e. The van der Waals surface area contributed by atoms with Gasteiger partial charge in [-0.25, -0.2) is 0 Å². The first-order chi connectivity index (χ1) is 19.0. The summed E-state index contributed by atoms with van der Waals surface area (Å²) in [5, 5.41) is 24.8. The Morgan fingerprint density at radius 3 is 2.52 bits per heavy atom. The first kappa shape index (κ1) is 27.8. The lowest BCUT2D eigenvalue weighted by Crippen LogP contribution is -2.71. The molecule has 0 aromatic heterocycles. The number of nitriles is 1. The predicted molar refractivity (Wildman–Crippen MR) is 144 cm³/mol. The summed E-state index contributed by atoms with van der Waals surface area (Å²) in [7, 11) is 4.78. The number of carbonyl (C=O) groups is 3. The molecule has 11 nitrogen and oxygen atoms in total. The van der Waals surface area contributed by atoms with Crippen molar-refractivity contribution in [3.8, 4) is 17.6 Å². The van der Waals surface area contributed by atoms with E-state index in [4.69, 9.17) is 15.2 Å². The van der Waals surface area contributed by atoms with Crippen molar-refractivity contribution in [2.24, 2.45) is 5.73 Å². The first-order valence-electron chi connectivity index (χ1n) is 13.4. The minimum atomic E-state index is -0.787. The molecule has 2 bridgehead atoms. The zero-order valence-electron chi connectivity index (χ0n) is 23.6. The van der Waals surface area contributed by atoms with Crippen LogP contribution in [0.3, 0.4) is 0 Å². The molecule has 0 radical (unpaired) electrons. The van der Waals surface area contributed by atoms with E-state index in [0.717, 1.165) is 11.1 Å². The summed E-state index contributed by atoms with van der Waals surface area (Å²) in [5.41, 5.74) is 9.01. The van der Waals surface area contributed by atoms with Crippen molar-refractivity contribution < 1.29 is 29.0 Å². The van der Waals surface area contributed by atoms with Crippen LogP contribution >= 0.6 is 0 Å². The molecule has 1 saturated heterocycles. The van der Waals surface area contributed by atoms with Crippen LogP contribution in [0.4, 0.5) is 0 Å². The van der Waals surface area contributed by atoms with Gasteiger partial charge in [0.05, 0.1) is 38.4 Å². The molecule has 4 aliphatic rings. The number of aromatic hydroxyl groups is 1. The van der Waals surface area contributed by atoms with Gasteiger partial charge in [-0.1, -0.05) is 6.07 Å². The quantitative estimate of drug-likeness (QED) is 0.448. The second-order valence-corrected chi connectivity index (χ2v) is 11.1. The fourth-order valence-electron chi connectivity index (χ4n) is 7.17. The Morgan fingerprint density at radius 1 is 1.23 bits per heavy atom. The number of rotatable bonds is 5. The number of nitrogens with two attached hydrogens (primary N) is 1. The van der Waals surface area contributed by atoms with Gasteiger partial charge in [-0.2, -0.15) is 5.26 Å². The van der Waals surface area contributed by atoms with E-state index < -0.39 is 41.9 Å². The molecular formula is C29H35N5O6. The van der Waals surface area contributed by atoms with Gasteiger partial charge in [-0.3, -0.25) is 24.2 Å². The Morgan fingerprint density at radius 2 is 1.93 bits per heavy atom. The number of nitrogens with one attached hydrogen (secondary N) is 1. The van der Waals surface area contributed by atoms with E-state index in [0.29, 0.717) is 23.3 Å². The third-order valence-corrected chi connectivity index (χ3v) is 8.95. The van der Waals surface area contributed by atoms with Crippen molar-refractivity contribution in [2.75, 3.05) is 27.8 Å². The van der Waals surface area contributed by atoms with E-state index in [1.54, 1.807) is 13.8 Å². The molecule has 212 valence electrons. The number of phenolic OH excluding ortho intramolecular Hbond substituents is 1. The number of ether oxygens (including phenoxy) is 2. The van der Waals surface area contributed by atoms with Gasteiger partial charge in [0.2, 0.25) is 11.7 Å². The van der Waals surface area contributed by atoms with Crippen LogP contribution in [0.1, 0.15) is 43.0 Å². The van der Waals surface area contributed by atoms with Crippen LogP contribution in [0.15, 0.2) is 28.5 Å². The first-order valence-corrected chi connectivity index (χ1v) is 13.4. The maximum atomic E-state index is 13.8. The van der Waals surface area contributed by atoms with Crippen LogP contribution < -0.4 is 15.8 Å². The number of methoxy groups -OCH3 is 2. The lowest BCUT2D eigenvalue weighted by molar-refractivity contribution is -0.125. The second-order valence-electron chi connectivity index (χ2n) is 11.1. The van der Waals surface area contributed by atoms with Gasteiger partial charge in [0.25, 0.3) is 0 Å². The third kappa shape index (κ3) is 3.85. The molecule has 5 rings (SSSR count). The maximum absolute atomic E-state index is 13.8. The van der Waals surface area contributed by atoms with Crippen LogP contribution in [-0.2, 0) is 25.5 Å². The number of amides is 1. The summed E-state index contributed by atoms with van der Waals surface area (Å²) in [5.74, 6) is -0.749. The lowest BCUT2D eigenvalue weighted by atomic mass is 9.69. The molecule has 1 aromatic carbocycles. The fraction of sp³-hybridized carbons (Fsp3) is 0.517. The maximum Gasteiger partial charge on any atom is 0.236 e. The number of hydrogen-bond acceptors (Lipinski definition) is 10. The highest BCUT2D eigenvalue weighted by atomic mass is 16.5. The number of phenols is 1. The molecule has 11 heteroatoms. The molecule has 40 heavy (non-hydrogen) atoms. The average molecular weight is 550 g/mol. The Bertz CT molecular complexity index is 1420. The topological polar surface area (TPSA) is 158 Å². The number of piperazine rings is 1. The molecule has 1 fully saturated rings. The lowest BCUT2D eigenvalue weighted by Gasteiger charge is -2.60. The second kappa shape index (κ2) is 10.0. The fourth-order valence-corrected chi connectivity index (χ4v) is 7.17. The number of likely N-dealkylation sites (N-methyl/N-ethyl adjacent to an activating group) is 1. The number of nitrogens with zero attached hydrogens (tertiary/aromatic N) is 3. The van der Waals surface area contributed by atoms with Crippen LogP contribution in [0.25, 0.3) is 0 Å². The van der Waals surface area contributed by atoms with Crippen molar-refractivity contribution in [3.63, 3.8) is 0 Å². The highest BCUT2D eigenvalue weighted by molar-refractivity contribution is 6.25. The van der Waals surface area contributed by atoms with Crippen LogP contribution in [0, 0.1) is 18.3 Å². The minimum Gasteiger partial charge on any atom is -0.504 e. The van der Waals surface area contributed by atoms with Gasteiger partial charge in [0.1, 0.15) is 6.04 Å². The molecule has 3 aliphatic heterocycles. The smallest absolute Gasteiger partial charge is 0.236 e. The molecule has 1 amide bonds. The zero-order chi connectivity index (χ0) is 29.2. The van der Waals surface area contributed by atoms with E-state index >= 15 is 0 Å². The van der Waals surface area contributed by atoms with Gasteiger partial charge in [-0.15, -0.1) is 0 Å².